The molecule has 5 heteroatoms. The number of Topliss-reactive ketones (excluding diaryl/α,β-unsaturated/α-hetero) is 1. The predicted molar refractivity (Wildman–Crippen MR) is 71.0 cm³/mol. The number of nitrogens with zero attached hydrogens (tertiary/aromatic N) is 3. The smallest absolute Gasteiger partial charge is 0.196 e. The lowest BCUT2D eigenvalue weighted by molar-refractivity contribution is 0.0748. The maximum atomic E-state index is 12.2. The third kappa shape index (κ3) is 2.80. The van der Waals surface area contributed by atoms with Crippen LogP contribution in [0, 0.1) is 0 Å². The second-order valence-corrected chi connectivity index (χ2v) is 3.88. The number of hydrogen-bond donors (Lipinski definition) is 1. The Bertz CT molecular complexity index is 634. The zero-order valence-electron chi connectivity index (χ0n) is 9.97. The molecule has 2 aromatic carbocycles. The summed E-state index contributed by atoms with van der Waals surface area (Å²) in [4.78, 5) is 14.9. The average Bonchev–Trinajstić information content (AvgIpc) is 2.47. The van der Waals surface area contributed by atoms with Crippen LogP contribution in [0.1, 0.15) is 22.0 Å². The van der Waals surface area contributed by atoms with Crippen LogP contribution in [-0.2, 0) is 0 Å². The Morgan fingerprint density at radius 3 is 2.42 bits per heavy atom. The summed E-state index contributed by atoms with van der Waals surface area (Å²) in [6.07, 6.45) is -1.27. The molecule has 2 rings (SSSR count). The molecule has 94 valence electrons. The van der Waals surface area contributed by atoms with Gasteiger partial charge in [-0.25, -0.2) is 0 Å². The normalized spacial score (nSPS) is 11.4. The SMILES string of the molecule is [N-]=[N+]=Nc1ccccc1C(=O)C(O)c1ccccc1. The minimum absolute atomic E-state index is 0.205. The highest BCUT2D eigenvalue weighted by molar-refractivity contribution is 6.03. The van der Waals surface area contributed by atoms with Crippen molar-refractivity contribution in [2.45, 2.75) is 6.10 Å². The fourth-order valence-corrected chi connectivity index (χ4v) is 1.75. The Morgan fingerprint density at radius 2 is 1.74 bits per heavy atom. The first-order valence-electron chi connectivity index (χ1n) is 5.65. The summed E-state index contributed by atoms with van der Waals surface area (Å²) >= 11 is 0. The number of rotatable bonds is 4. The summed E-state index contributed by atoms with van der Waals surface area (Å²) in [6, 6.07) is 15.0. The largest absolute Gasteiger partial charge is 0.380 e. The van der Waals surface area contributed by atoms with Gasteiger partial charge in [-0.2, -0.15) is 0 Å². The third-order valence-corrected chi connectivity index (χ3v) is 2.69. The Kier molecular flexibility index (Phi) is 3.93. The lowest BCUT2D eigenvalue weighted by Gasteiger charge is -2.11. The van der Waals surface area contributed by atoms with Crippen LogP contribution in [-0.4, -0.2) is 10.9 Å². The monoisotopic (exact) mass is 253 g/mol. The molecule has 0 saturated heterocycles. The van der Waals surface area contributed by atoms with Gasteiger partial charge in [-0.1, -0.05) is 59.7 Å². The fourth-order valence-electron chi connectivity index (χ4n) is 1.75. The van der Waals surface area contributed by atoms with Crippen molar-refractivity contribution < 1.29 is 9.90 Å². The van der Waals surface area contributed by atoms with Gasteiger partial charge in [-0.05, 0) is 11.1 Å². The summed E-state index contributed by atoms with van der Waals surface area (Å²) in [5.41, 5.74) is 9.39. The van der Waals surface area contributed by atoms with Crippen molar-refractivity contribution in [1.29, 1.82) is 0 Å². The highest BCUT2D eigenvalue weighted by atomic mass is 16.3. The van der Waals surface area contributed by atoms with Gasteiger partial charge < -0.3 is 5.11 Å². The molecule has 0 fully saturated rings. The molecule has 1 N–H and O–H groups in total. The molecular formula is C14H11N3O2. The van der Waals surface area contributed by atoms with Crippen LogP contribution in [0.4, 0.5) is 5.69 Å². The van der Waals surface area contributed by atoms with E-state index in [4.69, 9.17) is 5.53 Å². The van der Waals surface area contributed by atoms with Gasteiger partial charge in [0.25, 0.3) is 0 Å². The van der Waals surface area contributed by atoms with E-state index in [-0.39, 0.29) is 11.3 Å². The number of ketones is 1. The molecule has 1 unspecified atom stereocenters. The molecule has 0 heterocycles. The van der Waals surface area contributed by atoms with Crippen molar-refractivity contribution in [1.82, 2.24) is 0 Å². The van der Waals surface area contributed by atoms with Crippen LogP contribution >= 0.6 is 0 Å². The van der Waals surface area contributed by atoms with Crippen LogP contribution in [0.25, 0.3) is 10.4 Å². The number of azide groups is 1. The molecule has 19 heavy (non-hydrogen) atoms. The third-order valence-electron chi connectivity index (χ3n) is 2.69. The summed E-state index contributed by atoms with van der Waals surface area (Å²) in [6.45, 7) is 0. The fraction of sp³-hybridized carbons (Fsp3) is 0.0714. The van der Waals surface area contributed by atoms with Crippen molar-refractivity contribution >= 4 is 11.5 Å². The van der Waals surface area contributed by atoms with E-state index in [2.05, 4.69) is 10.0 Å². The van der Waals surface area contributed by atoms with Crippen molar-refractivity contribution in [3.63, 3.8) is 0 Å². The first-order valence-corrected chi connectivity index (χ1v) is 5.65. The summed E-state index contributed by atoms with van der Waals surface area (Å²) in [5.74, 6) is -0.491. The minimum atomic E-state index is -1.27. The number of aliphatic hydroxyl groups excluding tert-OH is 1. The lowest BCUT2D eigenvalue weighted by Crippen LogP contribution is -2.12. The Morgan fingerprint density at radius 1 is 1.11 bits per heavy atom. The van der Waals surface area contributed by atoms with Crippen molar-refractivity contribution in [3.8, 4) is 0 Å². The highest BCUT2D eigenvalue weighted by Gasteiger charge is 2.20. The van der Waals surface area contributed by atoms with Crippen LogP contribution in [0.5, 0.6) is 0 Å². The summed E-state index contributed by atoms with van der Waals surface area (Å²) in [5, 5.41) is 13.5. The first kappa shape index (κ1) is 12.8. The lowest BCUT2D eigenvalue weighted by atomic mass is 9.99. The van der Waals surface area contributed by atoms with Crippen LogP contribution < -0.4 is 0 Å². The summed E-state index contributed by atoms with van der Waals surface area (Å²) in [7, 11) is 0. The molecule has 0 aliphatic rings. The maximum Gasteiger partial charge on any atom is 0.196 e. The Hall–Kier alpha value is -2.62. The van der Waals surface area contributed by atoms with E-state index >= 15 is 0 Å². The van der Waals surface area contributed by atoms with Gasteiger partial charge in [0.1, 0.15) is 6.10 Å². The van der Waals surface area contributed by atoms with Crippen LogP contribution in [0.15, 0.2) is 59.7 Å². The quantitative estimate of drug-likeness (QED) is 0.391. The molecule has 0 amide bonds. The van der Waals surface area contributed by atoms with Crippen molar-refractivity contribution in [2.24, 2.45) is 5.11 Å². The van der Waals surface area contributed by atoms with Gasteiger partial charge in [0.15, 0.2) is 5.78 Å². The van der Waals surface area contributed by atoms with E-state index in [9.17, 15) is 9.90 Å². The van der Waals surface area contributed by atoms with Crippen LogP contribution in [0.2, 0.25) is 0 Å². The van der Waals surface area contributed by atoms with E-state index in [1.807, 2.05) is 0 Å². The molecule has 0 aromatic heterocycles. The number of benzene rings is 2. The predicted octanol–water partition coefficient (Wildman–Crippen LogP) is 3.54. The van der Waals surface area contributed by atoms with Gasteiger partial charge in [-0.15, -0.1) is 0 Å². The second kappa shape index (κ2) is 5.82. The molecule has 0 saturated carbocycles. The highest BCUT2D eigenvalue weighted by Crippen LogP contribution is 2.25. The standard InChI is InChI=1S/C14H11N3O2/c15-17-16-12-9-5-4-8-11(12)14(19)13(18)10-6-2-1-3-7-10/h1-9,13,18H. The summed E-state index contributed by atoms with van der Waals surface area (Å²) < 4.78 is 0. The number of carbonyl (C=O) groups excluding carboxylic acids is 1. The Labute approximate surface area is 109 Å². The molecule has 2 aromatic rings. The molecule has 0 radical (unpaired) electrons. The zero-order chi connectivity index (χ0) is 13.7. The molecule has 0 aliphatic heterocycles. The minimum Gasteiger partial charge on any atom is -0.380 e. The first-order chi connectivity index (χ1) is 9.24. The van der Waals surface area contributed by atoms with E-state index in [1.54, 1.807) is 42.5 Å². The van der Waals surface area contributed by atoms with Gasteiger partial charge in [0, 0.05) is 16.2 Å². The number of hydrogen-bond acceptors (Lipinski definition) is 3. The molecule has 5 nitrogen and oxygen atoms in total. The molecular weight excluding hydrogens is 242 g/mol. The number of carbonyl (C=O) groups is 1. The molecule has 0 aliphatic carbocycles. The van der Waals surface area contributed by atoms with E-state index in [1.165, 1.54) is 12.1 Å². The molecule has 0 spiro atoms. The van der Waals surface area contributed by atoms with Gasteiger partial charge in [-0.3, -0.25) is 4.79 Å². The van der Waals surface area contributed by atoms with E-state index < -0.39 is 11.9 Å². The topological polar surface area (TPSA) is 86.1 Å². The van der Waals surface area contributed by atoms with Crippen molar-refractivity contribution in [3.05, 3.63) is 76.2 Å². The van der Waals surface area contributed by atoms with E-state index in [0.717, 1.165) is 0 Å². The van der Waals surface area contributed by atoms with Crippen LogP contribution in [0.3, 0.4) is 0 Å². The molecule has 1 atom stereocenters. The number of aliphatic hydroxyl groups is 1. The Balaban J connectivity index is 2.37. The average molecular weight is 253 g/mol. The van der Waals surface area contributed by atoms with Gasteiger partial charge in [0.05, 0.1) is 0 Å². The van der Waals surface area contributed by atoms with E-state index in [0.29, 0.717) is 5.56 Å². The van der Waals surface area contributed by atoms with Crippen molar-refractivity contribution in [2.75, 3.05) is 0 Å². The molecule has 0 bridgehead atoms. The van der Waals surface area contributed by atoms with Gasteiger partial charge in [0.2, 0.25) is 0 Å². The maximum absolute atomic E-state index is 12.2. The second-order valence-electron chi connectivity index (χ2n) is 3.88. The zero-order valence-corrected chi connectivity index (χ0v) is 9.97. The van der Waals surface area contributed by atoms with Gasteiger partial charge >= 0.3 is 0 Å².